The topological polar surface area (TPSA) is 126 Å². The van der Waals surface area contributed by atoms with E-state index in [1.54, 1.807) is 11.3 Å². The quantitative estimate of drug-likeness (QED) is 0.420. The Hall–Kier alpha value is -2.86. The molecule has 0 unspecified atom stereocenters. The lowest BCUT2D eigenvalue weighted by Gasteiger charge is -2.37. The lowest BCUT2D eigenvalue weighted by molar-refractivity contribution is 0.216. The molecule has 3 aromatic rings. The fourth-order valence-corrected chi connectivity index (χ4v) is 5.87. The first-order chi connectivity index (χ1) is 17.0. The Balaban J connectivity index is 1.54. The number of nitrogens with zero attached hydrogens (tertiary/aromatic N) is 6. The lowest BCUT2D eigenvalue weighted by Crippen LogP contribution is -2.47. The highest BCUT2D eigenvalue weighted by Crippen LogP contribution is 2.37. The minimum absolute atomic E-state index is 0.131. The number of thioether (sulfide) groups is 1. The van der Waals surface area contributed by atoms with E-state index in [1.165, 1.54) is 11.8 Å². The van der Waals surface area contributed by atoms with Crippen LogP contribution in [0.3, 0.4) is 0 Å². The van der Waals surface area contributed by atoms with Gasteiger partial charge in [0.05, 0.1) is 11.4 Å². The highest BCUT2D eigenvalue weighted by atomic mass is 35.5. The third-order valence-corrected chi connectivity index (χ3v) is 7.91. The summed E-state index contributed by atoms with van der Waals surface area (Å²) in [6.07, 6.45) is 0.728. The fourth-order valence-electron chi connectivity index (χ4n) is 3.93. The summed E-state index contributed by atoms with van der Waals surface area (Å²) in [4.78, 5) is 13.4. The Morgan fingerprint density at radius 1 is 1.09 bits per heavy atom. The zero-order chi connectivity index (χ0) is 24.8. The number of nitrogen functional groups attached to an aromatic ring is 1. The molecule has 4 rings (SSSR count). The molecule has 180 valence electrons. The molecule has 1 aromatic carbocycles. The smallest absolute Gasteiger partial charge is 0.144 e. The van der Waals surface area contributed by atoms with Crippen molar-refractivity contribution in [2.75, 3.05) is 50.0 Å². The van der Waals surface area contributed by atoms with Crippen LogP contribution in [0.5, 0.6) is 0 Å². The van der Waals surface area contributed by atoms with Gasteiger partial charge in [-0.05, 0) is 18.6 Å². The Morgan fingerprint density at radius 2 is 1.80 bits per heavy atom. The van der Waals surface area contributed by atoms with Crippen LogP contribution in [-0.4, -0.2) is 59.3 Å². The zero-order valence-electron chi connectivity index (χ0n) is 18.9. The van der Waals surface area contributed by atoms with Crippen molar-refractivity contribution < 1.29 is 5.11 Å². The van der Waals surface area contributed by atoms with Crippen LogP contribution in [0, 0.1) is 22.7 Å². The summed E-state index contributed by atoms with van der Waals surface area (Å²) in [7, 11) is 0. The molecule has 2 aromatic heterocycles. The van der Waals surface area contributed by atoms with Gasteiger partial charge in [-0.1, -0.05) is 35.5 Å². The number of pyridine rings is 1. The first-order valence-corrected chi connectivity index (χ1v) is 13.3. The first kappa shape index (κ1) is 25.2. The van der Waals surface area contributed by atoms with Gasteiger partial charge in [-0.3, -0.25) is 4.90 Å². The minimum Gasteiger partial charge on any atom is -0.396 e. The number of piperazine rings is 1. The molecular formula is C24H24ClN7OS2. The van der Waals surface area contributed by atoms with Gasteiger partial charge in [0, 0.05) is 61.0 Å². The summed E-state index contributed by atoms with van der Waals surface area (Å²) in [5, 5.41) is 33.0. The average molecular weight is 526 g/mol. The number of rotatable bonds is 8. The van der Waals surface area contributed by atoms with Crippen molar-refractivity contribution in [1.29, 1.82) is 10.5 Å². The van der Waals surface area contributed by atoms with Gasteiger partial charge in [0.25, 0.3) is 0 Å². The molecule has 1 aliphatic rings. The van der Waals surface area contributed by atoms with Crippen molar-refractivity contribution >= 4 is 46.2 Å². The summed E-state index contributed by atoms with van der Waals surface area (Å²) in [5.41, 5.74) is 9.22. The number of nitrogens with two attached hydrogens (primary N) is 1. The summed E-state index contributed by atoms with van der Waals surface area (Å²) in [5.74, 6) is 0.651. The maximum Gasteiger partial charge on any atom is 0.144 e. The van der Waals surface area contributed by atoms with E-state index in [-0.39, 0.29) is 18.0 Å². The molecule has 0 atom stereocenters. The largest absolute Gasteiger partial charge is 0.396 e. The maximum atomic E-state index is 10.0. The van der Waals surface area contributed by atoms with Crippen LogP contribution < -0.4 is 10.6 Å². The molecule has 11 heteroatoms. The number of hydrogen-bond donors (Lipinski definition) is 2. The van der Waals surface area contributed by atoms with Crippen LogP contribution in [-0.2, 0) is 5.75 Å². The highest BCUT2D eigenvalue weighted by Gasteiger charge is 2.26. The van der Waals surface area contributed by atoms with Crippen molar-refractivity contribution in [3.05, 3.63) is 51.5 Å². The summed E-state index contributed by atoms with van der Waals surface area (Å²) < 4.78 is 0. The van der Waals surface area contributed by atoms with Gasteiger partial charge >= 0.3 is 0 Å². The Labute approximate surface area is 217 Å². The van der Waals surface area contributed by atoms with E-state index in [1.807, 2.05) is 29.6 Å². The van der Waals surface area contributed by atoms with Crippen molar-refractivity contribution in [2.45, 2.75) is 17.2 Å². The van der Waals surface area contributed by atoms with Gasteiger partial charge in [0.15, 0.2) is 0 Å². The lowest BCUT2D eigenvalue weighted by atomic mass is 10.1. The molecule has 3 heterocycles. The number of aromatic nitrogens is 2. The van der Waals surface area contributed by atoms with E-state index in [2.05, 4.69) is 26.9 Å². The first-order valence-electron chi connectivity index (χ1n) is 11.1. The number of hydrogen-bond acceptors (Lipinski definition) is 10. The van der Waals surface area contributed by atoms with Crippen LogP contribution in [0.2, 0.25) is 5.02 Å². The number of aliphatic hydroxyl groups is 1. The van der Waals surface area contributed by atoms with E-state index in [9.17, 15) is 10.5 Å². The maximum absolute atomic E-state index is 10.0. The molecule has 3 N–H and O–H groups in total. The Bertz CT molecular complexity index is 1260. The fraction of sp³-hybridized carbons (Fsp3) is 0.333. The normalized spacial score (nSPS) is 14.0. The second kappa shape index (κ2) is 11.7. The molecule has 1 saturated heterocycles. The van der Waals surface area contributed by atoms with Gasteiger partial charge in [0.2, 0.25) is 0 Å². The van der Waals surface area contributed by atoms with Crippen LogP contribution in [0.4, 0.5) is 11.5 Å². The van der Waals surface area contributed by atoms with Gasteiger partial charge in [-0.25, -0.2) is 9.97 Å². The summed E-state index contributed by atoms with van der Waals surface area (Å²) >= 11 is 8.92. The van der Waals surface area contributed by atoms with E-state index in [0.717, 1.165) is 42.3 Å². The molecule has 0 spiro atoms. The number of anilines is 2. The number of benzene rings is 1. The predicted molar refractivity (Wildman–Crippen MR) is 141 cm³/mol. The molecule has 8 nitrogen and oxygen atoms in total. The van der Waals surface area contributed by atoms with Crippen LogP contribution >= 0.6 is 34.7 Å². The number of halogens is 1. The zero-order valence-corrected chi connectivity index (χ0v) is 21.3. The molecule has 0 aliphatic carbocycles. The monoisotopic (exact) mass is 525 g/mol. The van der Waals surface area contributed by atoms with Crippen LogP contribution in [0.15, 0.2) is 34.7 Å². The van der Waals surface area contributed by atoms with Crippen LogP contribution in [0.25, 0.3) is 10.6 Å². The minimum atomic E-state index is 0.131. The third-order valence-electron chi connectivity index (χ3n) is 5.71. The summed E-state index contributed by atoms with van der Waals surface area (Å²) in [6, 6.07) is 12.0. The van der Waals surface area contributed by atoms with E-state index >= 15 is 0 Å². The van der Waals surface area contributed by atoms with Crippen molar-refractivity contribution in [1.82, 2.24) is 14.9 Å². The SMILES string of the molecule is N#Cc1c(N)nc(SCc2csc(-c3ccc(Cl)cc3)n2)c(C#N)c1N1CCN(CCCO)CC1. The number of aliphatic hydroxyl groups excluding tert-OH is 1. The predicted octanol–water partition coefficient (Wildman–Crippen LogP) is 3.98. The summed E-state index contributed by atoms with van der Waals surface area (Å²) in [6.45, 7) is 3.89. The van der Waals surface area contributed by atoms with Gasteiger partial charge < -0.3 is 15.7 Å². The molecule has 0 bridgehead atoms. The Morgan fingerprint density at radius 3 is 2.46 bits per heavy atom. The Kier molecular flexibility index (Phi) is 8.45. The molecule has 0 saturated carbocycles. The molecule has 35 heavy (non-hydrogen) atoms. The molecule has 1 aliphatic heterocycles. The second-order valence-electron chi connectivity index (χ2n) is 7.97. The van der Waals surface area contributed by atoms with Crippen molar-refractivity contribution in [3.8, 4) is 22.7 Å². The molecule has 1 fully saturated rings. The molecule has 0 amide bonds. The molecule has 0 radical (unpaired) electrons. The second-order valence-corrected chi connectivity index (χ2v) is 10.2. The third kappa shape index (κ3) is 5.87. The molecular weight excluding hydrogens is 502 g/mol. The number of thiazole rings is 1. The van der Waals surface area contributed by atoms with Gasteiger partial charge in [-0.15, -0.1) is 11.3 Å². The highest BCUT2D eigenvalue weighted by molar-refractivity contribution is 7.98. The van der Waals surface area contributed by atoms with Crippen molar-refractivity contribution in [3.63, 3.8) is 0 Å². The van der Waals surface area contributed by atoms with E-state index < -0.39 is 0 Å². The van der Waals surface area contributed by atoms with Crippen molar-refractivity contribution in [2.24, 2.45) is 0 Å². The number of nitriles is 2. The van der Waals surface area contributed by atoms with Gasteiger partial charge in [0.1, 0.15) is 39.1 Å². The van der Waals surface area contributed by atoms with Gasteiger partial charge in [-0.2, -0.15) is 10.5 Å². The standard InChI is InChI=1S/C24H24ClN7OS2/c25-17-4-2-16(3-5-17)23-29-18(14-34-23)15-35-24-20(13-27)21(19(12-26)22(28)30-24)32-9-7-31(8-10-32)6-1-11-33/h2-5,14,33H,1,6-11,15H2,(H2,28,30). The van der Waals surface area contributed by atoms with E-state index in [0.29, 0.717) is 40.1 Å². The van der Waals surface area contributed by atoms with E-state index in [4.69, 9.17) is 27.4 Å². The van der Waals surface area contributed by atoms with Crippen LogP contribution in [0.1, 0.15) is 23.2 Å². The average Bonchev–Trinajstić information content (AvgIpc) is 3.35.